The number of azo groups is 1. The Morgan fingerprint density at radius 2 is 1.47 bits per heavy atom. The van der Waals surface area contributed by atoms with E-state index in [4.69, 9.17) is 5.11 Å². The number of hydrogen-bond donors (Lipinski definition) is 2. The van der Waals surface area contributed by atoms with Gasteiger partial charge in [-0.2, -0.15) is 27.6 Å². The van der Waals surface area contributed by atoms with Gasteiger partial charge in [0.05, 0.1) is 23.2 Å². The third-order valence-electron chi connectivity index (χ3n) is 5.10. The van der Waals surface area contributed by atoms with Crippen LogP contribution in [0.25, 0.3) is 11.1 Å². The fourth-order valence-electron chi connectivity index (χ4n) is 3.13. The van der Waals surface area contributed by atoms with Gasteiger partial charge in [-0.05, 0) is 47.5 Å². The van der Waals surface area contributed by atoms with Gasteiger partial charge < -0.3 is 9.67 Å². The van der Waals surface area contributed by atoms with Gasteiger partial charge in [-0.15, -0.1) is 10.2 Å². The van der Waals surface area contributed by atoms with Gasteiger partial charge in [0.2, 0.25) is 11.6 Å². The molecular weight excluding hydrogens is 480 g/mol. The van der Waals surface area contributed by atoms with E-state index in [0.29, 0.717) is 11.4 Å². The first kappa shape index (κ1) is 24.3. The van der Waals surface area contributed by atoms with Gasteiger partial charge >= 0.3 is 5.97 Å². The molecule has 0 aliphatic rings. The standard InChI is InChI=1S/C24H16F4N6O2/c1-34-17(10-11-18(34)32-33-21-19(25)22(27)30-23(28)20(21)26)12-29-31-16-8-6-14(7-9-16)13-2-4-15(5-3-13)24(35)36/h2-12,31H,1H3,(H,35,36)/b29-12+,33-32?. The fourth-order valence-corrected chi connectivity index (χ4v) is 3.13. The summed E-state index contributed by atoms with van der Waals surface area (Å²) in [6.07, 6.45) is 1.46. The molecule has 0 aliphatic carbocycles. The molecule has 182 valence electrons. The molecule has 4 aromatic rings. The van der Waals surface area contributed by atoms with Crippen LogP contribution in [-0.4, -0.2) is 26.8 Å². The van der Waals surface area contributed by atoms with E-state index in [0.717, 1.165) is 11.1 Å². The average Bonchev–Trinajstić information content (AvgIpc) is 3.22. The molecular formula is C24H16F4N6O2. The smallest absolute Gasteiger partial charge is 0.335 e. The van der Waals surface area contributed by atoms with Crippen molar-refractivity contribution < 1.29 is 27.5 Å². The summed E-state index contributed by atoms with van der Waals surface area (Å²) in [6, 6.07) is 16.8. The Kier molecular flexibility index (Phi) is 6.86. The van der Waals surface area contributed by atoms with Crippen molar-refractivity contribution in [3.8, 4) is 11.1 Å². The predicted molar refractivity (Wildman–Crippen MR) is 124 cm³/mol. The van der Waals surface area contributed by atoms with E-state index in [-0.39, 0.29) is 11.4 Å². The molecule has 36 heavy (non-hydrogen) atoms. The second-order valence-corrected chi connectivity index (χ2v) is 7.38. The molecule has 0 saturated heterocycles. The van der Waals surface area contributed by atoms with Crippen molar-refractivity contribution in [3.05, 3.63) is 95.5 Å². The normalized spacial score (nSPS) is 11.5. The molecule has 4 rings (SSSR count). The van der Waals surface area contributed by atoms with Gasteiger partial charge in [-0.25, -0.2) is 4.79 Å². The van der Waals surface area contributed by atoms with Crippen LogP contribution in [0.2, 0.25) is 0 Å². The highest BCUT2D eigenvalue weighted by atomic mass is 19.2. The minimum atomic E-state index is -1.82. The molecule has 0 atom stereocenters. The highest BCUT2D eigenvalue weighted by Gasteiger charge is 2.20. The highest BCUT2D eigenvalue weighted by molar-refractivity contribution is 5.88. The maximum atomic E-state index is 13.7. The van der Waals surface area contributed by atoms with Crippen LogP contribution in [0.1, 0.15) is 16.1 Å². The number of hydrogen-bond acceptors (Lipinski definition) is 6. The Hall–Kier alpha value is -4.87. The zero-order valence-corrected chi connectivity index (χ0v) is 18.5. The topological polar surface area (TPSA) is 104 Å². The van der Waals surface area contributed by atoms with Crippen LogP contribution in [0.4, 0.5) is 34.8 Å². The van der Waals surface area contributed by atoms with E-state index in [9.17, 15) is 22.4 Å². The molecule has 0 saturated carbocycles. The van der Waals surface area contributed by atoms with Gasteiger partial charge in [0, 0.05) is 7.05 Å². The molecule has 0 spiro atoms. The second kappa shape index (κ2) is 10.2. The van der Waals surface area contributed by atoms with E-state index in [1.807, 2.05) is 12.1 Å². The lowest BCUT2D eigenvalue weighted by atomic mass is 10.0. The Morgan fingerprint density at radius 1 is 0.889 bits per heavy atom. The SMILES string of the molecule is Cn1c(/C=N/Nc2ccc(-c3ccc(C(=O)O)cc3)cc2)ccc1N=Nc1c(F)c(F)nc(F)c1F. The van der Waals surface area contributed by atoms with Crippen LogP contribution in [0.3, 0.4) is 0 Å². The van der Waals surface area contributed by atoms with Crippen LogP contribution in [0.15, 0.2) is 76.0 Å². The summed E-state index contributed by atoms with van der Waals surface area (Å²) in [4.78, 5) is 13.4. The molecule has 0 unspecified atom stereocenters. The minimum Gasteiger partial charge on any atom is -0.478 e. The third-order valence-corrected chi connectivity index (χ3v) is 5.10. The summed E-state index contributed by atoms with van der Waals surface area (Å²) in [5.41, 5.74) is 4.80. The Balaban J connectivity index is 1.43. The van der Waals surface area contributed by atoms with Crippen LogP contribution in [-0.2, 0) is 7.05 Å². The molecule has 0 radical (unpaired) electrons. The summed E-state index contributed by atoms with van der Waals surface area (Å²) in [5, 5.41) is 20.1. The molecule has 0 bridgehead atoms. The number of aromatic nitrogens is 2. The number of rotatable bonds is 7. The van der Waals surface area contributed by atoms with Crippen LogP contribution in [0, 0.1) is 23.5 Å². The van der Waals surface area contributed by atoms with Crippen molar-refractivity contribution in [1.82, 2.24) is 9.55 Å². The molecule has 0 fully saturated rings. The quantitative estimate of drug-likeness (QED) is 0.104. The number of pyridine rings is 1. The largest absolute Gasteiger partial charge is 0.478 e. The number of nitrogens with one attached hydrogen (secondary N) is 1. The maximum Gasteiger partial charge on any atom is 0.335 e. The van der Waals surface area contributed by atoms with E-state index in [1.165, 1.54) is 29.0 Å². The lowest BCUT2D eigenvalue weighted by molar-refractivity contribution is 0.0697. The summed E-state index contributed by atoms with van der Waals surface area (Å²) >= 11 is 0. The number of halogens is 4. The Bertz CT molecular complexity index is 1460. The molecule has 8 nitrogen and oxygen atoms in total. The fraction of sp³-hybridized carbons (Fsp3) is 0.0417. The van der Waals surface area contributed by atoms with Crippen molar-refractivity contribution in [1.29, 1.82) is 0 Å². The minimum absolute atomic E-state index is 0.145. The first-order valence-electron chi connectivity index (χ1n) is 10.2. The number of carbonyl (C=O) groups is 1. The van der Waals surface area contributed by atoms with Crippen molar-refractivity contribution >= 4 is 29.4 Å². The summed E-state index contributed by atoms with van der Waals surface area (Å²) < 4.78 is 55.3. The monoisotopic (exact) mass is 496 g/mol. The second-order valence-electron chi connectivity index (χ2n) is 7.38. The molecule has 0 aliphatic heterocycles. The van der Waals surface area contributed by atoms with E-state index in [2.05, 4.69) is 25.7 Å². The average molecular weight is 496 g/mol. The van der Waals surface area contributed by atoms with Crippen LogP contribution in [0.5, 0.6) is 0 Å². The predicted octanol–water partition coefficient (Wildman–Crippen LogP) is 6.20. The molecule has 12 heteroatoms. The van der Waals surface area contributed by atoms with Crippen molar-refractivity contribution in [3.63, 3.8) is 0 Å². The van der Waals surface area contributed by atoms with Gasteiger partial charge in [0.25, 0.3) is 11.9 Å². The Labute approximate surface area is 201 Å². The number of carboxylic acid groups (broad SMARTS) is 1. The van der Waals surface area contributed by atoms with E-state index in [1.54, 1.807) is 37.4 Å². The van der Waals surface area contributed by atoms with Gasteiger partial charge in [-0.3, -0.25) is 5.43 Å². The Morgan fingerprint density at radius 3 is 2.06 bits per heavy atom. The van der Waals surface area contributed by atoms with Gasteiger partial charge in [-0.1, -0.05) is 24.3 Å². The van der Waals surface area contributed by atoms with Crippen molar-refractivity contribution in [2.24, 2.45) is 22.4 Å². The number of hydrazone groups is 1. The lowest BCUT2D eigenvalue weighted by Gasteiger charge is -2.05. The maximum absolute atomic E-state index is 13.7. The zero-order valence-electron chi connectivity index (χ0n) is 18.5. The number of nitrogens with zero attached hydrogens (tertiary/aromatic N) is 5. The van der Waals surface area contributed by atoms with Gasteiger partial charge in [0.15, 0.2) is 11.5 Å². The number of benzene rings is 2. The highest BCUT2D eigenvalue weighted by Crippen LogP contribution is 2.27. The first-order valence-corrected chi connectivity index (χ1v) is 10.2. The molecule has 2 N–H and O–H groups in total. The number of carboxylic acids is 1. The molecule has 2 aromatic carbocycles. The lowest BCUT2D eigenvalue weighted by Crippen LogP contribution is -1.99. The summed E-state index contributed by atoms with van der Waals surface area (Å²) in [6.45, 7) is 0. The third kappa shape index (κ3) is 5.12. The molecule has 2 heterocycles. The van der Waals surface area contributed by atoms with E-state index < -0.39 is 35.2 Å². The molecule has 2 aromatic heterocycles. The van der Waals surface area contributed by atoms with Gasteiger partial charge in [0.1, 0.15) is 0 Å². The number of anilines is 1. The molecule has 0 amide bonds. The van der Waals surface area contributed by atoms with Crippen LogP contribution >= 0.6 is 0 Å². The van der Waals surface area contributed by atoms with Crippen molar-refractivity contribution in [2.45, 2.75) is 0 Å². The summed E-state index contributed by atoms with van der Waals surface area (Å²) in [7, 11) is 1.58. The van der Waals surface area contributed by atoms with Crippen LogP contribution < -0.4 is 5.43 Å². The first-order chi connectivity index (χ1) is 17.2. The zero-order chi connectivity index (χ0) is 25.8. The summed E-state index contributed by atoms with van der Waals surface area (Å²) in [5.74, 6) is -7.99. The van der Waals surface area contributed by atoms with E-state index >= 15 is 0 Å². The van der Waals surface area contributed by atoms with Crippen molar-refractivity contribution in [2.75, 3.05) is 5.43 Å². The number of aromatic carboxylic acids is 1.